The van der Waals surface area contributed by atoms with E-state index in [-0.39, 0.29) is 5.69 Å². The molecule has 0 spiro atoms. The zero-order chi connectivity index (χ0) is 14.1. The van der Waals surface area contributed by atoms with Gasteiger partial charge in [0.15, 0.2) is 0 Å². The fraction of sp³-hybridized carbons (Fsp3) is 0.133. The molecule has 1 atom stereocenters. The molecule has 2 aromatic carbocycles. The third-order valence-corrected chi connectivity index (χ3v) is 4.03. The Labute approximate surface area is 119 Å². The molecule has 0 aliphatic rings. The fourth-order valence-electron chi connectivity index (χ4n) is 2.20. The van der Waals surface area contributed by atoms with Crippen molar-refractivity contribution in [2.75, 3.05) is 6.26 Å². The Morgan fingerprint density at radius 2 is 1.65 bits per heavy atom. The van der Waals surface area contributed by atoms with Crippen LogP contribution < -0.4 is 5.69 Å². The van der Waals surface area contributed by atoms with Crippen molar-refractivity contribution in [2.24, 2.45) is 0 Å². The first-order valence-electron chi connectivity index (χ1n) is 6.21. The summed E-state index contributed by atoms with van der Waals surface area (Å²) in [6, 6.07) is 13.2. The van der Waals surface area contributed by atoms with Crippen molar-refractivity contribution in [3.8, 4) is 0 Å². The summed E-state index contributed by atoms with van der Waals surface area (Å²) in [5, 5.41) is 10.4. The van der Waals surface area contributed by atoms with Gasteiger partial charge in [0, 0.05) is 4.90 Å². The molecule has 1 aromatic heterocycles. The number of rotatable bonds is 3. The van der Waals surface area contributed by atoms with Gasteiger partial charge < -0.3 is 15.1 Å². The van der Waals surface area contributed by atoms with Crippen molar-refractivity contribution >= 4 is 22.8 Å². The summed E-state index contributed by atoms with van der Waals surface area (Å²) in [5.41, 5.74) is 2.79. The van der Waals surface area contributed by atoms with Crippen molar-refractivity contribution < 1.29 is 5.11 Å². The molecule has 3 N–H and O–H groups in total. The summed E-state index contributed by atoms with van der Waals surface area (Å²) in [6.45, 7) is 0. The second-order valence-corrected chi connectivity index (χ2v) is 5.44. The van der Waals surface area contributed by atoms with E-state index in [1.54, 1.807) is 23.9 Å². The Hall–Kier alpha value is -1.98. The minimum atomic E-state index is -0.700. The number of nitrogens with one attached hydrogen (secondary N) is 2. The monoisotopic (exact) mass is 286 g/mol. The number of aliphatic hydroxyl groups excluding tert-OH is 1. The van der Waals surface area contributed by atoms with Crippen molar-refractivity contribution in [2.45, 2.75) is 11.0 Å². The molecule has 0 aliphatic heterocycles. The standard InChI is InChI=1S/C15H14N2O2S/c1-20-11-5-2-9(3-6-11)14(18)10-4-7-12-13(8-10)17-15(19)16-12/h2-8,14,18H,1H3,(H2,16,17,19). The summed E-state index contributed by atoms with van der Waals surface area (Å²) in [4.78, 5) is 17.8. The Balaban J connectivity index is 1.97. The van der Waals surface area contributed by atoms with E-state index in [2.05, 4.69) is 9.97 Å². The average molecular weight is 286 g/mol. The second-order valence-electron chi connectivity index (χ2n) is 4.56. The molecule has 1 heterocycles. The maximum absolute atomic E-state index is 11.2. The van der Waals surface area contributed by atoms with Gasteiger partial charge in [-0.25, -0.2) is 4.79 Å². The first-order valence-corrected chi connectivity index (χ1v) is 7.44. The van der Waals surface area contributed by atoms with Crippen LogP contribution in [0, 0.1) is 0 Å². The first kappa shape index (κ1) is 13.0. The number of thioether (sulfide) groups is 1. The highest BCUT2D eigenvalue weighted by Gasteiger charge is 2.11. The van der Waals surface area contributed by atoms with Gasteiger partial charge in [0.1, 0.15) is 6.10 Å². The number of hydrogen-bond acceptors (Lipinski definition) is 3. The fourth-order valence-corrected chi connectivity index (χ4v) is 2.61. The van der Waals surface area contributed by atoms with Crippen molar-refractivity contribution in [3.05, 3.63) is 64.1 Å². The van der Waals surface area contributed by atoms with Gasteiger partial charge in [-0.05, 0) is 41.6 Å². The molecule has 0 radical (unpaired) electrons. The highest BCUT2D eigenvalue weighted by molar-refractivity contribution is 7.98. The van der Waals surface area contributed by atoms with Crippen LogP contribution in [0.5, 0.6) is 0 Å². The summed E-state index contributed by atoms with van der Waals surface area (Å²) in [5.74, 6) is 0. The van der Waals surface area contributed by atoms with Gasteiger partial charge in [-0.15, -0.1) is 11.8 Å². The summed E-state index contributed by atoms with van der Waals surface area (Å²) < 4.78 is 0. The normalized spacial score (nSPS) is 12.7. The molecule has 0 bridgehead atoms. The van der Waals surface area contributed by atoms with Crippen molar-refractivity contribution in [1.29, 1.82) is 0 Å². The minimum Gasteiger partial charge on any atom is -0.384 e. The van der Waals surface area contributed by atoms with Gasteiger partial charge in [0.05, 0.1) is 11.0 Å². The van der Waals surface area contributed by atoms with E-state index in [1.807, 2.05) is 36.6 Å². The van der Waals surface area contributed by atoms with Crippen LogP contribution in [0.1, 0.15) is 17.2 Å². The van der Waals surface area contributed by atoms with E-state index >= 15 is 0 Å². The quantitative estimate of drug-likeness (QED) is 0.648. The zero-order valence-corrected chi connectivity index (χ0v) is 11.7. The van der Waals surface area contributed by atoms with Crippen molar-refractivity contribution in [3.63, 3.8) is 0 Å². The molecule has 20 heavy (non-hydrogen) atoms. The maximum Gasteiger partial charge on any atom is 0.323 e. The molecule has 4 nitrogen and oxygen atoms in total. The minimum absolute atomic E-state index is 0.240. The molecule has 0 aliphatic carbocycles. The Morgan fingerprint density at radius 1 is 1.00 bits per heavy atom. The Bertz CT molecular complexity index is 789. The SMILES string of the molecule is CSc1ccc(C(O)c2ccc3[nH]c(=O)[nH]c3c2)cc1. The highest BCUT2D eigenvalue weighted by atomic mass is 32.2. The third kappa shape index (κ3) is 2.37. The van der Waals surface area contributed by atoms with E-state index in [0.29, 0.717) is 5.52 Å². The van der Waals surface area contributed by atoms with Crippen LogP contribution in [0.3, 0.4) is 0 Å². The lowest BCUT2D eigenvalue weighted by molar-refractivity contribution is 0.220. The van der Waals surface area contributed by atoms with Gasteiger partial charge in [0.2, 0.25) is 0 Å². The Morgan fingerprint density at radius 3 is 2.35 bits per heavy atom. The van der Waals surface area contributed by atoms with Crippen molar-refractivity contribution in [1.82, 2.24) is 9.97 Å². The summed E-state index contributed by atoms with van der Waals surface area (Å²) in [7, 11) is 0. The van der Waals surface area contributed by atoms with Gasteiger partial charge >= 0.3 is 5.69 Å². The van der Waals surface area contributed by atoms with Crippen LogP contribution in [0.2, 0.25) is 0 Å². The molecular formula is C15H14N2O2S. The zero-order valence-electron chi connectivity index (χ0n) is 10.9. The predicted octanol–water partition coefficient (Wildman–Crippen LogP) is 2.66. The smallest absolute Gasteiger partial charge is 0.323 e. The number of imidazole rings is 1. The first-order chi connectivity index (χ1) is 9.67. The average Bonchev–Trinajstić information content (AvgIpc) is 2.85. The number of hydrogen-bond donors (Lipinski definition) is 3. The molecule has 0 amide bonds. The van der Waals surface area contributed by atoms with Crippen LogP contribution in [-0.4, -0.2) is 21.3 Å². The number of aromatic nitrogens is 2. The molecule has 1 unspecified atom stereocenters. The third-order valence-electron chi connectivity index (χ3n) is 3.29. The molecule has 3 rings (SSSR count). The molecule has 0 saturated carbocycles. The molecule has 0 fully saturated rings. The number of aromatic amines is 2. The topological polar surface area (TPSA) is 68.9 Å². The number of fused-ring (bicyclic) bond motifs is 1. The lowest BCUT2D eigenvalue weighted by atomic mass is 10.0. The van der Waals surface area contributed by atoms with Crippen LogP contribution in [0.15, 0.2) is 52.2 Å². The van der Waals surface area contributed by atoms with Gasteiger partial charge in [-0.2, -0.15) is 0 Å². The van der Waals surface area contributed by atoms with Crippen LogP contribution >= 0.6 is 11.8 Å². The maximum atomic E-state index is 11.2. The number of aliphatic hydroxyl groups is 1. The summed E-state index contributed by atoms with van der Waals surface area (Å²) in [6.07, 6.45) is 1.32. The Kier molecular flexibility index (Phi) is 3.38. The van der Waals surface area contributed by atoms with Gasteiger partial charge in [-0.3, -0.25) is 0 Å². The predicted molar refractivity (Wildman–Crippen MR) is 81.2 cm³/mol. The van der Waals surface area contributed by atoms with E-state index < -0.39 is 6.10 Å². The number of H-pyrrole nitrogens is 2. The largest absolute Gasteiger partial charge is 0.384 e. The lowest BCUT2D eigenvalue weighted by Gasteiger charge is -2.12. The molecular weight excluding hydrogens is 272 g/mol. The van der Waals surface area contributed by atoms with Crippen LogP contribution in [0.4, 0.5) is 0 Å². The van der Waals surface area contributed by atoms with Crippen LogP contribution in [0.25, 0.3) is 11.0 Å². The van der Waals surface area contributed by atoms with E-state index in [4.69, 9.17) is 0 Å². The van der Waals surface area contributed by atoms with Crippen LogP contribution in [-0.2, 0) is 0 Å². The van der Waals surface area contributed by atoms with E-state index in [0.717, 1.165) is 21.5 Å². The van der Waals surface area contributed by atoms with Gasteiger partial charge in [-0.1, -0.05) is 18.2 Å². The number of benzene rings is 2. The molecule has 102 valence electrons. The van der Waals surface area contributed by atoms with Gasteiger partial charge in [0.25, 0.3) is 0 Å². The van der Waals surface area contributed by atoms with E-state index in [1.165, 1.54) is 0 Å². The molecule has 0 saturated heterocycles. The van der Waals surface area contributed by atoms with E-state index in [9.17, 15) is 9.90 Å². The summed E-state index contributed by atoms with van der Waals surface area (Å²) >= 11 is 1.66. The highest BCUT2D eigenvalue weighted by Crippen LogP contribution is 2.25. The molecule has 3 aromatic rings. The lowest BCUT2D eigenvalue weighted by Crippen LogP contribution is -2.00. The molecule has 5 heteroatoms. The second kappa shape index (κ2) is 5.19.